The lowest BCUT2D eigenvalue weighted by Gasteiger charge is -1.99. The molecule has 0 amide bonds. The van der Waals surface area contributed by atoms with E-state index in [1.807, 2.05) is 24.3 Å². The zero-order chi connectivity index (χ0) is 27.9. The molecule has 6 aromatic rings. The van der Waals surface area contributed by atoms with Crippen molar-refractivity contribution in [2.75, 3.05) is 0 Å². The van der Waals surface area contributed by atoms with Crippen molar-refractivity contribution < 1.29 is 19.0 Å². The van der Waals surface area contributed by atoms with E-state index in [-0.39, 0.29) is 22.8 Å². The number of phenols is 2. The number of aromatic hydroxyl groups is 2. The van der Waals surface area contributed by atoms with Gasteiger partial charge in [-0.2, -0.15) is 0 Å². The zero-order valence-corrected chi connectivity index (χ0v) is 21.0. The number of hydrogen-bond acceptors (Lipinski definition) is 8. The molecule has 4 aromatic carbocycles. The first-order chi connectivity index (χ1) is 19.4. The largest absolute Gasteiger partial charge is 0.507 e. The van der Waals surface area contributed by atoms with Crippen molar-refractivity contribution in [3.8, 4) is 11.5 Å². The number of para-hydroxylation sites is 2. The molecule has 0 radical (unpaired) electrons. The minimum absolute atomic E-state index is 0.183. The van der Waals surface area contributed by atoms with Crippen molar-refractivity contribution in [3.05, 3.63) is 141 Å². The summed E-state index contributed by atoms with van der Waals surface area (Å²) in [5.41, 5.74) is 3.03. The van der Waals surface area contributed by atoms with Crippen LogP contribution in [0.1, 0.15) is 11.1 Å². The number of benzene rings is 4. The summed E-state index contributed by atoms with van der Waals surface area (Å²) in [6.45, 7) is 0. The predicted molar refractivity (Wildman–Crippen MR) is 156 cm³/mol. The van der Waals surface area contributed by atoms with Gasteiger partial charge in [-0.1, -0.05) is 24.3 Å². The number of aliphatic imine (C=N–C) groups is 2. The first kappa shape index (κ1) is 25.9. The average molecular weight is 531 g/mol. The van der Waals surface area contributed by atoms with Gasteiger partial charge in [0.15, 0.2) is 0 Å². The van der Waals surface area contributed by atoms with Gasteiger partial charge in [0.05, 0.1) is 11.4 Å². The molecular weight excluding hydrogens is 508 g/mol. The van der Waals surface area contributed by atoms with Crippen molar-refractivity contribution in [2.24, 2.45) is 9.98 Å². The average Bonchev–Trinajstić information content (AvgIpc) is 2.96. The van der Waals surface area contributed by atoms with Crippen molar-refractivity contribution in [3.63, 3.8) is 0 Å². The Kier molecular flexibility index (Phi) is 7.60. The molecule has 8 heteroatoms. The van der Waals surface area contributed by atoms with Gasteiger partial charge in [0.1, 0.15) is 22.7 Å². The van der Waals surface area contributed by atoms with E-state index < -0.39 is 0 Å². The van der Waals surface area contributed by atoms with E-state index in [0.717, 1.165) is 22.1 Å². The SMILES string of the molecule is O=c1ccc2cc(N=Cc3ccccc3O)ccc2o1.O=c1ccc2cc(N=Cc3ccccc3O)ccc2o1. The highest BCUT2D eigenvalue weighted by Gasteiger charge is 2.01. The molecule has 0 saturated carbocycles. The van der Waals surface area contributed by atoms with Crippen LogP contribution in [0.5, 0.6) is 11.5 Å². The third-order valence-electron chi connectivity index (χ3n) is 5.78. The van der Waals surface area contributed by atoms with Gasteiger partial charge >= 0.3 is 11.3 Å². The van der Waals surface area contributed by atoms with Gasteiger partial charge in [0, 0.05) is 46.5 Å². The van der Waals surface area contributed by atoms with Gasteiger partial charge in [-0.15, -0.1) is 0 Å². The minimum atomic E-state index is -0.372. The number of rotatable bonds is 4. The molecule has 0 fully saturated rings. The number of nitrogens with zero attached hydrogens (tertiary/aromatic N) is 2. The molecule has 196 valence electrons. The van der Waals surface area contributed by atoms with Gasteiger partial charge in [-0.25, -0.2) is 9.59 Å². The summed E-state index contributed by atoms with van der Waals surface area (Å²) in [6, 6.07) is 30.6. The molecule has 0 spiro atoms. The molecule has 0 unspecified atom stereocenters. The molecule has 2 aromatic heterocycles. The van der Waals surface area contributed by atoms with Gasteiger partial charge in [0.2, 0.25) is 0 Å². The van der Waals surface area contributed by atoms with Crippen molar-refractivity contribution >= 4 is 45.7 Å². The number of hydrogen-bond donors (Lipinski definition) is 2. The van der Waals surface area contributed by atoms with Crippen molar-refractivity contribution in [1.29, 1.82) is 0 Å². The summed E-state index contributed by atoms with van der Waals surface area (Å²) in [7, 11) is 0. The maximum absolute atomic E-state index is 11.1. The van der Waals surface area contributed by atoms with E-state index in [9.17, 15) is 19.8 Å². The summed E-state index contributed by atoms with van der Waals surface area (Å²) >= 11 is 0. The molecule has 0 aliphatic carbocycles. The van der Waals surface area contributed by atoms with E-state index in [1.54, 1.807) is 85.2 Å². The lowest BCUT2D eigenvalue weighted by atomic mass is 10.2. The zero-order valence-electron chi connectivity index (χ0n) is 21.0. The van der Waals surface area contributed by atoms with E-state index in [1.165, 1.54) is 12.1 Å². The van der Waals surface area contributed by atoms with E-state index >= 15 is 0 Å². The highest BCUT2D eigenvalue weighted by Crippen LogP contribution is 2.22. The molecule has 40 heavy (non-hydrogen) atoms. The van der Waals surface area contributed by atoms with Gasteiger partial charge in [-0.05, 0) is 72.8 Å². The van der Waals surface area contributed by atoms with Crippen LogP contribution in [0.2, 0.25) is 0 Å². The predicted octanol–water partition coefficient (Wildman–Crippen LogP) is 6.50. The van der Waals surface area contributed by atoms with Crippen LogP contribution in [-0.4, -0.2) is 22.6 Å². The summed E-state index contributed by atoms with van der Waals surface area (Å²) in [5.74, 6) is 0.367. The smallest absolute Gasteiger partial charge is 0.336 e. The topological polar surface area (TPSA) is 126 Å². The van der Waals surface area contributed by atoms with Crippen LogP contribution >= 0.6 is 0 Å². The molecule has 2 N–H and O–H groups in total. The number of phenolic OH excluding ortho intramolecular Hbond substituents is 2. The minimum Gasteiger partial charge on any atom is -0.507 e. The Hall–Kier alpha value is -5.76. The molecule has 0 bridgehead atoms. The molecule has 2 heterocycles. The second-order valence-corrected chi connectivity index (χ2v) is 8.59. The first-order valence-electron chi connectivity index (χ1n) is 12.2. The Labute approximate surface area is 227 Å². The Bertz CT molecular complexity index is 1840. The van der Waals surface area contributed by atoms with Crippen molar-refractivity contribution in [2.45, 2.75) is 0 Å². The third-order valence-corrected chi connectivity index (χ3v) is 5.78. The van der Waals surface area contributed by atoms with Crippen LogP contribution in [0.25, 0.3) is 21.9 Å². The Morgan fingerprint density at radius 1 is 0.525 bits per heavy atom. The summed E-state index contributed by atoms with van der Waals surface area (Å²) in [5, 5.41) is 20.9. The Balaban J connectivity index is 0.000000161. The molecule has 0 atom stereocenters. The fourth-order valence-corrected chi connectivity index (χ4v) is 3.76. The fourth-order valence-electron chi connectivity index (χ4n) is 3.76. The second-order valence-electron chi connectivity index (χ2n) is 8.59. The summed E-state index contributed by atoms with van der Waals surface area (Å²) in [4.78, 5) is 30.8. The normalized spacial score (nSPS) is 11.2. The second kappa shape index (κ2) is 11.7. The lowest BCUT2D eigenvalue weighted by molar-refractivity contribution is 0.474. The van der Waals surface area contributed by atoms with E-state index in [4.69, 9.17) is 8.83 Å². The van der Waals surface area contributed by atoms with Crippen LogP contribution in [0.4, 0.5) is 11.4 Å². The third kappa shape index (κ3) is 6.38. The Morgan fingerprint density at radius 3 is 1.38 bits per heavy atom. The molecule has 0 aliphatic rings. The van der Waals surface area contributed by atoms with Crippen LogP contribution in [-0.2, 0) is 0 Å². The molecule has 0 aliphatic heterocycles. The van der Waals surface area contributed by atoms with Crippen LogP contribution < -0.4 is 11.3 Å². The highest BCUT2D eigenvalue weighted by molar-refractivity contribution is 5.88. The van der Waals surface area contributed by atoms with Crippen LogP contribution in [0.3, 0.4) is 0 Å². The molecular formula is C32H22N2O6. The maximum Gasteiger partial charge on any atom is 0.336 e. The quantitative estimate of drug-likeness (QED) is 0.198. The molecule has 0 saturated heterocycles. The standard InChI is InChI=1S/2C16H11NO3/c2*18-14-4-2-1-3-12(14)10-17-13-6-7-15-11(9-13)5-8-16(19)20-15/h2*1-10,18H. The lowest BCUT2D eigenvalue weighted by Crippen LogP contribution is -1.93. The van der Waals surface area contributed by atoms with Crippen molar-refractivity contribution in [1.82, 2.24) is 0 Å². The van der Waals surface area contributed by atoms with Gasteiger partial charge < -0.3 is 19.0 Å². The fraction of sp³-hybridized carbons (Fsp3) is 0. The number of fused-ring (bicyclic) bond motifs is 2. The maximum atomic E-state index is 11.1. The monoisotopic (exact) mass is 530 g/mol. The summed E-state index contributed by atoms with van der Waals surface area (Å²) in [6.07, 6.45) is 3.19. The summed E-state index contributed by atoms with van der Waals surface area (Å²) < 4.78 is 10.1. The highest BCUT2D eigenvalue weighted by atomic mass is 16.4. The molecule has 8 nitrogen and oxygen atoms in total. The first-order valence-corrected chi connectivity index (χ1v) is 12.2. The van der Waals surface area contributed by atoms with E-state index in [0.29, 0.717) is 22.3 Å². The van der Waals surface area contributed by atoms with Crippen LogP contribution in [0, 0.1) is 0 Å². The Morgan fingerprint density at radius 2 is 0.950 bits per heavy atom. The molecule has 6 rings (SSSR count). The van der Waals surface area contributed by atoms with E-state index in [2.05, 4.69) is 9.98 Å². The van der Waals surface area contributed by atoms with Crippen LogP contribution in [0.15, 0.2) is 138 Å². The van der Waals surface area contributed by atoms with Gasteiger partial charge in [-0.3, -0.25) is 9.98 Å². The van der Waals surface area contributed by atoms with Gasteiger partial charge in [0.25, 0.3) is 0 Å².